The number of fused-ring (bicyclic) bond motifs is 1. The minimum atomic E-state index is 0.531. The Hall–Kier alpha value is -1.09. The van der Waals surface area contributed by atoms with Crippen molar-refractivity contribution in [2.75, 3.05) is 0 Å². The van der Waals surface area contributed by atoms with Gasteiger partial charge in [0.15, 0.2) is 0 Å². The van der Waals surface area contributed by atoms with Crippen molar-refractivity contribution >= 4 is 50.0 Å². The number of para-hydroxylation sites is 1. The molecule has 0 spiro atoms. The van der Waals surface area contributed by atoms with Gasteiger partial charge in [0.05, 0.1) is 21.3 Å². The summed E-state index contributed by atoms with van der Waals surface area (Å²) in [7, 11) is 0. The van der Waals surface area contributed by atoms with E-state index in [9.17, 15) is 0 Å². The van der Waals surface area contributed by atoms with Crippen molar-refractivity contribution in [2.45, 2.75) is 6.92 Å². The molecule has 100 valence electrons. The van der Waals surface area contributed by atoms with Crippen molar-refractivity contribution in [3.8, 4) is 11.3 Å². The highest BCUT2D eigenvalue weighted by atomic mass is 79.9. The zero-order valence-corrected chi connectivity index (χ0v) is 13.7. The number of aromatic nitrogens is 1. The van der Waals surface area contributed by atoms with Gasteiger partial charge in [0.25, 0.3) is 0 Å². The van der Waals surface area contributed by atoms with E-state index in [4.69, 9.17) is 28.2 Å². The van der Waals surface area contributed by atoms with Crippen molar-refractivity contribution in [1.29, 1.82) is 0 Å². The van der Waals surface area contributed by atoms with Crippen LogP contribution < -0.4 is 0 Å². The maximum absolute atomic E-state index is 6.10. The fourth-order valence-electron chi connectivity index (χ4n) is 2.19. The second-order valence-corrected chi connectivity index (χ2v) is 6.15. The largest absolute Gasteiger partial charge is 0.247 e. The number of aryl methyl sites for hydroxylation is 1. The average molecular weight is 367 g/mol. The van der Waals surface area contributed by atoms with Crippen LogP contribution in [-0.4, -0.2) is 4.98 Å². The van der Waals surface area contributed by atoms with Crippen LogP contribution in [0.2, 0.25) is 10.0 Å². The average Bonchev–Trinajstić information content (AvgIpc) is 2.46. The number of hydrogen-bond donors (Lipinski definition) is 0. The lowest BCUT2D eigenvalue weighted by molar-refractivity contribution is 1.33. The third-order valence-corrected chi connectivity index (χ3v) is 4.98. The summed E-state index contributed by atoms with van der Waals surface area (Å²) in [5.41, 5.74) is 3.95. The number of halogens is 3. The molecule has 0 atom stereocenters. The lowest BCUT2D eigenvalue weighted by Gasteiger charge is -2.11. The number of benzene rings is 2. The Bertz CT molecular complexity index is 815. The van der Waals surface area contributed by atoms with E-state index >= 15 is 0 Å². The predicted octanol–water partition coefficient (Wildman–Crippen LogP) is 6.28. The molecule has 4 heteroatoms. The molecule has 1 aromatic heterocycles. The molecule has 2 aromatic carbocycles. The van der Waals surface area contributed by atoms with E-state index in [-0.39, 0.29) is 0 Å². The summed E-state index contributed by atoms with van der Waals surface area (Å²) in [6, 6.07) is 13.6. The molecule has 0 aliphatic rings. The highest BCUT2D eigenvalue weighted by Gasteiger charge is 2.12. The lowest BCUT2D eigenvalue weighted by atomic mass is 10.1. The van der Waals surface area contributed by atoms with Crippen molar-refractivity contribution in [3.05, 3.63) is 62.5 Å². The summed E-state index contributed by atoms with van der Waals surface area (Å²) in [6.45, 7) is 2.08. The second kappa shape index (κ2) is 5.36. The van der Waals surface area contributed by atoms with Crippen molar-refractivity contribution < 1.29 is 0 Å². The molecule has 0 saturated heterocycles. The van der Waals surface area contributed by atoms with Gasteiger partial charge in [-0.2, -0.15) is 0 Å². The van der Waals surface area contributed by atoms with Gasteiger partial charge in [-0.1, -0.05) is 47.5 Å². The van der Waals surface area contributed by atoms with Crippen LogP contribution in [0, 0.1) is 6.92 Å². The van der Waals surface area contributed by atoms with E-state index in [1.54, 1.807) is 6.07 Å². The molecule has 0 aliphatic heterocycles. The molecule has 0 bridgehead atoms. The Kier molecular flexibility index (Phi) is 3.72. The van der Waals surface area contributed by atoms with Gasteiger partial charge >= 0.3 is 0 Å². The van der Waals surface area contributed by atoms with Crippen LogP contribution in [0.15, 0.2) is 46.9 Å². The third kappa shape index (κ3) is 2.32. The maximum Gasteiger partial charge on any atom is 0.0854 e. The molecule has 3 rings (SSSR count). The summed E-state index contributed by atoms with van der Waals surface area (Å²) < 4.78 is 0.981. The minimum absolute atomic E-state index is 0.531. The van der Waals surface area contributed by atoms with Crippen molar-refractivity contribution in [1.82, 2.24) is 4.98 Å². The van der Waals surface area contributed by atoms with Gasteiger partial charge in [-0.25, -0.2) is 4.98 Å². The number of rotatable bonds is 1. The van der Waals surface area contributed by atoms with Crippen LogP contribution in [0.3, 0.4) is 0 Å². The third-order valence-electron chi connectivity index (χ3n) is 3.27. The molecular formula is C16H10BrCl2N. The SMILES string of the molecule is Cc1c(Br)c(-c2ccc(Cl)c(Cl)c2)nc2ccccc12. The van der Waals surface area contributed by atoms with Gasteiger partial charge in [-0.3, -0.25) is 0 Å². The standard InChI is InChI=1S/C16H10BrCl2N/c1-9-11-4-2-3-5-14(11)20-16(15(9)17)10-6-7-12(18)13(19)8-10/h2-8H,1H3. The summed E-state index contributed by atoms with van der Waals surface area (Å²) in [5.74, 6) is 0. The molecule has 0 aliphatic carbocycles. The Morgan fingerprint density at radius 2 is 1.75 bits per heavy atom. The Balaban J connectivity index is 2.30. The zero-order valence-electron chi connectivity index (χ0n) is 10.6. The first-order valence-electron chi connectivity index (χ1n) is 6.08. The van der Waals surface area contributed by atoms with Crippen LogP contribution in [-0.2, 0) is 0 Å². The predicted molar refractivity (Wildman–Crippen MR) is 89.6 cm³/mol. The quantitative estimate of drug-likeness (QED) is 0.493. The van der Waals surface area contributed by atoms with Crippen LogP contribution in [0.1, 0.15) is 5.56 Å². The topological polar surface area (TPSA) is 12.9 Å². The second-order valence-electron chi connectivity index (χ2n) is 4.55. The molecule has 0 radical (unpaired) electrons. The van der Waals surface area contributed by atoms with Crippen LogP contribution >= 0.6 is 39.1 Å². The first kappa shape index (κ1) is 13.9. The lowest BCUT2D eigenvalue weighted by Crippen LogP contribution is -1.92. The number of nitrogens with zero attached hydrogens (tertiary/aromatic N) is 1. The summed E-state index contributed by atoms with van der Waals surface area (Å²) in [5, 5.41) is 2.22. The molecule has 1 nitrogen and oxygen atoms in total. The summed E-state index contributed by atoms with van der Waals surface area (Å²) >= 11 is 15.7. The molecule has 0 amide bonds. The molecule has 0 unspecified atom stereocenters. The smallest absolute Gasteiger partial charge is 0.0854 e. The van der Waals surface area contributed by atoms with Gasteiger partial charge in [0.2, 0.25) is 0 Å². The Morgan fingerprint density at radius 1 is 1.00 bits per heavy atom. The zero-order chi connectivity index (χ0) is 14.3. The maximum atomic E-state index is 6.10. The van der Waals surface area contributed by atoms with Crippen LogP contribution in [0.25, 0.3) is 22.2 Å². The van der Waals surface area contributed by atoms with Gasteiger partial charge in [-0.15, -0.1) is 0 Å². The van der Waals surface area contributed by atoms with E-state index in [1.165, 1.54) is 0 Å². The van der Waals surface area contributed by atoms with E-state index in [0.29, 0.717) is 10.0 Å². The number of pyridine rings is 1. The first-order chi connectivity index (χ1) is 9.58. The molecule has 0 saturated carbocycles. The van der Waals surface area contributed by atoms with E-state index in [0.717, 1.165) is 32.2 Å². The summed E-state index contributed by atoms with van der Waals surface area (Å²) in [6.07, 6.45) is 0. The van der Waals surface area contributed by atoms with E-state index in [2.05, 4.69) is 28.9 Å². The number of hydrogen-bond acceptors (Lipinski definition) is 1. The molecule has 0 N–H and O–H groups in total. The first-order valence-corrected chi connectivity index (χ1v) is 7.63. The Morgan fingerprint density at radius 3 is 2.50 bits per heavy atom. The fraction of sp³-hybridized carbons (Fsp3) is 0.0625. The van der Waals surface area contributed by atoms with Gasteiger partial charge in [-0.05, 0) is 46.6 Å². The van der Waals surface area contributed by atoms with Gasteiger partial charge in [0.1, 0.15) is 0 Å². The van der Waals surface area contributed by atoms with E-state index in [1.807, 2.05) is 30.3 Å². The Labute approximate surface area is 135 Å². The summed E-state index contributed by atoms with van der Waals surface area (Å²) in [4.78, 5) is 4.73. The van der Waals surface area contributed by atoms with Crippen molar-refractivity contribution in [2.24, 2.45) is 0 Å². The monoisotopic (exact) mass is 365 g/mol. The molecular weight excluding hydrogens is 357 g/mol. The van der Waals surface area contributed by atoms with Gasteiger partial charge in [0, 0.05) is 15.4 Å². The van der Waals surface area contributed by atoms with Crippen molar-refractivity contribution in [3.63, 3.8) is 0 Å². The molecule has 0 fully saturated rings. The van der Waals surface area contributed by atoms with Crippen LogP contribution in [0.4, 0.5) is 0 Å². The molecule has 1 heterocycles. The van der Waals surface area contributed by atoms with Crippen LogP contribution in [0.5, 0.6) is 0 Å². The minimum Gasteiger partial charge on any atom is -0.247 e. The molecule has 20 heavy (non-hydrogen) atoms. The molecule has 3 aromatic rings. The normalized spacial score (nSPS) is 11.0. The highest BCUT2D eigenvalue weighted by Crippen LogP contribution is 2.35. The highest BCUT2D eigenvalue weighted by molar-refractivity contribution is 9.10. The van der Waals surface area contributed by atoms with E-state index < -0.39 is 0 Å². The fourth-order valence-corrected chi connectivity index (χ4v) is 3.02. The van der Waals surface area contributed by atoms with Gasteiger partial charge < -0.3 is 0 Å².